The van der Waals surface area contributed by atoms with Crippen molar-refractivity contribution in [2.75, 3.05) is 26.3 Å². The molecular weight excluding hydrogens is 532 g/mol. The number of benzene rings is 2. The molecule has 1 atom stereocenters. The van der Waals surface area contributed by atoms with Crippen LogP contribution in [0.1, 0.15) is 13.3 Å². The molecule has 1 aliphatic heterocycles. The zero-order valence-corrected chi connectivity index (χ0v) is 22.4. The summed E-state index contributed by atoms with van der Waals surface area (Å²) in [5, 5.41) is 9.66. The van der Waals surface area contributed by atoms with Crippen LogP contribution in [0, 0.1) is 0 Å². The fourth-order valence-electron chi connectivity index (χ4n) is 5.06. The van der Waals surface area contributed by atoms with E-state index in [0.717, 1.165) is 42.5 Å². The van der Waals surface area contributed by atoms with Gasteiger partial charge in [-0.1, -0.05) is 6.07 Å². The third-order valence-corrected chi connectivity index (χ3v) is 6.98. The molecule has 1 N–H and O–H groups in total. The molecule has 4 heterocycles. The standard InChI is InChI=1S/C30H29F2N5O4/c1-2-39-27-10-4-20-16-25(29(38)37(28(20)34-27)22-5-7-23(8-6-22)41-30(31)32)19-3-9-26-21(15-19)18-36(35-26)13-11-24-17-33-12-14-40-24/h3-10,15-16,18,24,30,33H,2,11-14,17H2,1H3. The number of aryl methyl sites for hydroxylation is 1. The number of hydrogen-bond donors (Lipinski definition) is 1. The number of alkyl halides is 2. The monoisotopic (exact) mass is 561 g/mol. The van der Waals surface area contributed by atoms with E-state index in [1.165, 1.54) is 16.7 Å². The minimum atomic E-state index is -2.94. The summed E-state index contributed by atoms with van der Waals surface area (Å²) in [5.41, 5.74) is 2.56. The Hall–Kier alpha value is -4.35. The number of rotatable bonds is 9. The van der Waals surface area contributed by atoms with Crippen LogP contribution < -0.4 is 20.3 Å². The lowest BCUT2D eigenvalue weighted by Crippen LogP contribution is -2.38. The largest absolute Gasteiger partial charge is 0.478 e. The summed E-state index contributed by atoms with van der Waals surface area (Å²) in [6.45, 7) is 2.47. The summed E-state index contributed by atoms with van der Waals surface area (Å²) in [7, 11) is 0. The minimum absolute atomic E-state index is 0.00556. The van der Waals surface area contributed by atoms with Crippen LogP contribution >= 0.6 is 0 Å². The summed E-state index contributed by atoms with van der Waals surface area (Å²) in [6.07, 6.45) is 2.99. The normalized spacial score (nSPS) is 15.6. The maximum absolute atomic E-state index is 14.0. The van der Waals surface area contributed by atoms with Gasteiger partial charge in [0.1, 0.15) is 5.75 Å². The Morgan fingerprint density at radius 2 is 1.95 bits per heavy atom. The number of nitrogens with zero attached hydrogens (tertiary/aromatic N) is 4. The Balaban J connectivity index is 1.40. The van der Waals surface area contributed by atoms with Gasteiger partial charge >= 0.3 is 6.61 Å². The zero-order valence-electron chi connectivity index (χ0n) is 22.4. The van der Waals surface area contributed by atoms with Crippen molar-refractivity contribution in [1.29, 1.82) is 0 Å². The Labute approximate surface area is 234 Å². The first-order chi connectivity index (χ1) is 20.0. The fourth-order valence-corrected chi connectivity index (χ4v) is 5.06. The molecule has 41 heavy (non-hydrogen) atoms. The van der Waals surface area contributed by atoms with Gasteiger partial charge in [-0.05, 0) is 67.4 Å². The second-order valence-electron chi connectivity index (χ2n) is 9.72. The third-order valence-electron chi connectivity index (χ3n) is 6.98. The first-order valence-electron chi connectivity index (χ1n) is 13.5. The van der Waals surface area contributed by atoms with E-state index < -0.39 is 6.61 Å². The summed E-state index contributed by atoms with van der Waals surface area (Å²) in [5.74, 6) is 0.371. The molecule has 1 unspecified atom stereocenters. The van der Waals surface area contributed by atoms with Gasteiger partial charge in [0.15, 0.2) is 5.65 Å². The third kappa shape index (κ3) is 5.77. The van der Waals surface area contributed by atoms with Crippen LogP contribution in [0.2, 0.25) is 0 Å². The highest BCUT2D eigenvalue weighted by Crippen LogP contribution is 2.27. The lowest BCUT2D eigenvalue weighted by Gasteiger charge is -2.23. The van der Waals surface area contributed by atoms with E-state index >= 15 is 0 Å². The smallest absolute Gasteiger partial charge is 0.387 e. The summed E-state index contributed by atoms with van der Waals surface area (Å²) >= 11 is 0. The van der Waals surface area contributed by atoms with E-state index in [4.69, 9.17) is 14.6 Å². The first kappa shape index (κ1) is 26.9. The molecule has 1 fully saturated rings. The van der Waals surface area contributed by atoms with Gasteiger partial charge in [0.05, 0.1) is 30.5 Å². The molecule has 9 nitrogen and oxygen atoms in total. The van der Waals surface area contributed by atoms with Gasteiger partial charge < -0.3 is 19.5 Å². The van der Waals surface area contributed by atoms with Crippen molar-refractivity contribution in [3.8, 4) is 28.4 Å². The molecule has 11 heteroatoms. The number of ether oxygens (including phenoxy) is 3. The number of aromatic nitrogens is 4. The number of hydrogen-bond acceptors (Lipinski definition) is 7. The fraction of sp³-hybridized carbons (Fsp3) is 0.300. The first-order valence-corrected chi connectivity index (χ1v) is 13.5. The van der Waals surface area contributed by atoms with Crippen LogP contribution in [-0.2, 0) is 11.3 Å². The molecule has 0 spiro atoms. The van der Waals surface area contributed by atoms with Crippen molar-refractivity contribution in [3.63, 3.8) is 0 Å². The molecule has 0 radical (unpaired) electrons. The SMILES string of the molecule is CCOc1ccc2cc(-c3ccc4nn(CCC5CNCCO5)cc4c3)c(=O)n(-c3ccc(OC(F)F)cc3)c2n1. The topological polar surface area (TPSA) is 92.4 Å². The molecule has 0 saturated carbocycles. The quantitative estimate of drug-likeness (QED) is 0.277. The number of morpholine rings is 1. The van der Waals surface area contributed by atoms with Crippen molar-refractivity contribution >= 4 is 21.9 Å². The van der Waals surface area contributed by atoms with Gasteiger partial charge in [-0.3, -0.25) is 14.0 Å². The molecule has 6 rings (SSSR count). The van der Waals surface area contributed by atoms with Gasteiger partial charge in [0, 0.05) is 48.2 Å². The van der Waals surface area contributed by atoms with Gasteiger partial charge in [-0.2, -0.15) is 18.9 Å². The van der Waals surface area contributed by atoms with Gasteiger partial charge in [-0.25, -0.2) is 0 Å². The highest BCUT2D eigenvalue weighted by molar-refractivity contribution is 5.88. The summed E-state index contributed by atoms with van der Waals surface area (Å²) in [6, 6.07) is 17.0. The van der Waals surface area contributed by atoms with Crippen LogP contribution in [0.15, 0.2) is 71.7 Å². The highest BCUT2D eigenvalue weighted by Gasteiger charge is 2.17. The van der Waals surface area contributed by atoms with E-state index in [9.17, 15) is 13.6 Å². The molecule has 212 valence electrons. The molecule has 5 aromatic rings. The van der Waals surface area contributed by atoms with Crippen LogP contribution in [0.25, 0.3) is 38.8 Å². The van der Waals surface area contributed by atoms with Crippen molar-refractivity contribution in [3.05, 3.63) is 77.2 Å². The maximum Gasteiger partial charge on any atom is 0.387 e. The Morgan fingerprint density at radius 3 is 2.71 bits per heavy atom. The average molecular weight is 562 g/mol. The van der Waals surface area contributed by atoms with E-state index in [1.54, 1.807) is 18.2 Å². The van der Waals surface area contributed by atoms with Crippen molar-refractivity contribution in [2.45, 2.75) is 32.6 Å². The molecule has 3 aromatic heterocycles. The van der Waals surface area contributed by atoms with E-state index in [2.05, 4.69) is 15.0 Å². The van der Waals surface area contributed by atoms with Crippen molar-refractivity contribution in [1.82, 2.24) is 24.6 Å². The van der Waals surface area contributed by atoms with Crippen LogP contribution in [0.3, 0.4) is 0 Å². The zero-order chi connectivity index (χ0) is 28.3. The predicted molar refractivity (Wildman–Crippen MR) is 151 cm³/mol. The number of nitrogens with one attached hydrogen (secondary N) is 1. The maximum atomic E-state index is 14.0. The highest BCUT2D eigenvalue weighted by atomic mass is 19.3. The van der Waals surface area contributed by atoms with Gasteiger partial charge in [0.25, 0.3) is 5.56 Å². The molecule has 1 aliphatic rings. The van der Waals surface area contributed by atoms with E-state index in [1.807, 2.05) is 48.1 Å². The Morgan fingerprint density at radius 1 is 1.10 bits per heavy atom. The van der Waals surface area contributed by atoms with Crippen LogP contribution in [-0.4, -0.2) is 58.4 Å². The molecule has 0 aliphatic carbocycles. The van der Waals surface area contributed by atoms with Crippen LogP contribution in [0.5, 0.6) is 11.6 Å². The Kier molecular flexibility index (Phi) is 7.62. The minimum Gasteiger partial charge on any atom is -0.478 e. The Bertz CT molecular complexity index is 1730. The molecular formula is C30H29F2N5O4. The lowest BCUT2D eigenvalue weighted by molar-refractivity contribution is -0.0498. The van der Waals surface area contributed by atoms with E-state index in [0.29, 0.717) is 41.4 Å². The summed E-state index contributed by atoms with van der Waals surface area (Å²) < 4.78 is 44.6. The second kappa shape index (κ2) is 11.6. The van der Waals surface area contributed by atoms with Crippen molar-refractivity contribution in [2.24, 2.45) is 0 Å². The number of halogens is 2. The number of pyridine rings is 2. The van der Waals surface area contributed by atoms with Gasteiger partial charge in [-0.15, -0.1) is 0 Å². The van der Waals surface area contributed by atoms with Gasteiger partial charge in [0.2, 0.25) is 5.88 Å². The van der Waals surface area contributed by atoms with Crippen molar-refractivity contribution < 1.29 is 23.0 Å². The van der Waals surface area contributed by atoms with Crippen LogP contribution in [0.4, 0.5) is 8.78 Å². The van der Waals surface area contributed by atoms with E-state index in [-0.39, 0.29) is 17.4 Å². The lowest BCUT2D eigenvalue weighted by atomic mass is 10.0. The average Bonchev–Trinajstić information content (AvgIpc) is 3.39. The molecule has 1 saturated heterocycles. The predicted octanol–water partition coefficient (Wildman–Crippen LogP) is 4.78. The number of fused-ring (bicyclic) bond motifs is 2. The molecule has 0 amide bonds. The molecule has 0 bridgehead atoms. The summed E-state index contributed by atoms with van der Waals surface area (Å²) in [4.78, 5) is 18.6. The molecule has 2 aromatic carbocycles. The second-order valence-corrected chi connectivity index (χ2v) is 9.72.